The average Bonchev–Trinajstić information content (AvgIpc) is 2.97. The zero-order valence-corrected chi connectivity index (χ0v) is 25.6. The van der Waals surface area contributed by atoms with Crippen LogP contribution in [0.1, 0.15) is 50.4 Å². The summed E-state index contributed by atoms with van der Waals surface area (Å²) in [5.41, 5.74) is 2.94. The van der Waals surface area contributed by atoms with Gasteiger partial charge in [0, 0.05) is 43.0 Å². The molecule has 45 heavy (non-hydrogen) atoms. The standard InChI is InChI=1S/C34H36N6O5/c1-21(41)40-19-22-8-10-24(11-9-22)30(32(43)36-18-23-6-5-7-26(16-23)37-29(42)20-40)38-27-12-13-28-25(17-27)14-15-35-31(28)39-33(44)45-34(2,3)4/h5-17,30,38H,18-20H2,1-4H3,(H,36,43)(H,37,42)(H,35,39,44). The lowest BCUT2D eigenvalue weighted by atomic mass is 10.0. The number of benzene rings is 3. The number of hydrogen-bond donors (Lipinski definition) is 4. The van der Waals surface area contributed by atoms with Crippen molar-refractivity contribution in [1.29, 1.82) is 0 Å². The number of anilines is 3. The van der Waals surface area contributed by atoms with Crippen molar-refractivity contribution in [2.45, 2.75) is 52.4 Å². The molecule has 3 heterocycles. The van der Waals surface area contributed by atoms with Crippen LogP contribution in [-0.4, -0.2) is 45.8 Å². The van der Waals surface area contributed by atoms with E-state index in [0.29, 0.717) is 28.1 Å². The van der Waals surface area contributed by atoms with Gasteiger partial charge in [-0.05, 0) is 79.2 Å². The topological polar surface area (TPSA) is 142 Å². The number of ether oxygens (including phenoxy) is 1. The minimum Gasteiger partial charge on any atom is -0.444 e. The van der Waals surface area contributed by atoms with E-state index < -0.39 is 17.7 Å². The lowest BCUT2D eigenvalue weighted by Crippen LogP contribution is -2.36. The maximum Gasteiger partial charge on any atom is 0.413 e. The van der Waals surface area contributed by atoms with Crippen molar-refractivity contribution >= 4 is 51.8 Å². The Morgan fingerprint density at radius 1 is 0.956 bits per heavy atom. The minimum atomic E-state index is -0.752. The Bertz CT molecular complexity index is 1750. The highest BCUT2D eigenvalue weighted by atomic mass is 16.6. The molecule has 11 heteroatoms. The second-order valence-electron chi connectivity index (χ2n) is 11.9. The van der Waals surface area contributed by atoms with Gasteiger partial charge in [-0.15, -0.1) is 0 Å². The predicted octanol–water partition coefficient (Wildman–Crippen LogP) is 5.35. The first-order valence-corrected chi connectivity index (χ1v) is 14.6. The number of rotatable bonds is 3. The van der Waals surface area contributed by atoms with Crippen LogP contribution < -0.4 is 21.3 Å². The second-order valence-corrected chi connectivity index (χ2v) is 11.9. The van der Waals surface area contributed by atoms with Crippen molar-refractivity contribution in [3.8, 4) is 0 Å². The molecule has 1 atom stereocenters. The number of nitrogens with one attached hydrogen (secondary N) is 4. The van der Waals surface area contributed by atoms with Gasteiger partial charge >= 0.3 is 6.09 Å². The van der Waals surface area contributed by atoms with Crippen molar-refractivity contribution in [3.63, 3.8) is 0 Å². The van der Waals surface area contributed by atoms with E-state index in [1.54, 1.807) is 45.2 Å². The van der Waals surface area contributed by atoms with Crippen LogP contribution in [0.2, 0.25) is 0 Å². The third-order valence-corrected chi connectivity index (χ3v) is 7.10. The monoisotopic (exact) mass is 608 g/mol. The molecule has 0 spiro atoms. The van der Waals surface area contributed by atoms with Crippen LogP contribution in [0.4, 0.5) is 22.0 Å². The summed E-state index contributed by atoms with van der Waals surface area (Å²) in [7, 11) is 0. The number of aromatic nitrogens is 1. The van der Waals surface area contributed by atoms with Crippen molar-refractivity contribution in [2.24, 2.45) is 0 Å². The van der Waals surface area contributed by atoms with Crippen LogP contribution >= 0.6 is 0 Å². The van der Waals surface area contributed by atoms with Gasteiger partial charge in [0.2, 0.25) is 17.7 Å². The lowest BCUT2D eigenvalue weighted by Gasteiger charge is -2.23. The first kappa shape index (κ1) is 31.0. The van der Waals surface area contributed by atoms with Gasteiger partial charge in [0.15, 0.2) is 0 Å². The summed E-state index contributed by atoms with van der Waals surface area (Å²) in [6, 6.07) is 21.2. The van der Waals surface area contributed by atoms with Crippen LogP contribution in [-0.2, 0) is 32.2 Å². The molecule has 232 valence electrons. The Labute approximate surface area is 261 Å². The van der Waals surface area contributed by atoms with Gasteiger partial charge < -0.3 is 25.6 Å². The summed E-state index contributed by atoms with van der Waals surface area (Å²) in [4.78, 5) is 56.9. The Morgan fingerprint density at radius 2 is 1.73 bits per heavy atom. The first-order chi connectivity index (χ1) is 21.4. The van der Waals surface area contributed by atoms with E-state index in [0.717, 1.165) is 16.5 Å². The zero-order chi connectivity index (χ0) is 32.1. The van der Waals surface area contributed by atoms with Crippen LogP contribution in [0.15, 0.2) is 79.0 Å². The van der Waals surface area contributed by atoms with Crippen molar-refractivity contribution < 1.29 is 23.9 Å². The highest BCUT2D eigenvalue weighted by Gasteiger charge is 2.23. The van der Waals surface area contributed by atoms with Gasteiger partial charge in [0.25, 0.3) is 0 Å². The fraction of sp³-hybridized carbons (Fsp3) is 0.265. The number of hydrogen-bond acceptors (Lipinski definition) is 7. The smallest absolute Gasteiger partial charge is 0.413 e. The summed E-state index contributed by atoms with van der Waals surface area (Å²) in [5.74, 6) is -0.418. The van der Waals surface area contributed by atoms with Crippen molar-refractivity contribution in [1.82, 2.24) is 15.2 Å². The number of carbonyl (C=O) groups is 4. The third kappa shape index (κ3) is 8.14. The van der Waals surface area contributed by atoms with E-state index in [4.69, 9.17) is 4.74 Å². The molecule has 4 aromatic rings. The number of nitrogens with zero attached hydrogens (tertiary/aromatic N) is 2. The summed E-state index contributed by atoms with van der Waals surface area (Å²) in [6.45, 7) is 7.19. The molecule has 2 aliphatic rings. The number of fused-ring (bicyclic) bond motifs is 10. The van der Waals surface area contributed by atoms with E-state index in [1.165, 1.54) is 11.8 Å². The van der Waals surface area contributed by atoms with E-state index >= 15 is 0 Å². The van der Waals surface area contributed by atoms with Crippen LogP contribution in [0, 0.1) is 0 Å². The van der Waals surface area contributed by atoms with E-state index in [1.807, 2.05) is 54.6 Å². The van der Waals surface area contributed by atoms with Gasteiger partial charge in [0.05, 0.1) is 0 Å². The van der Waals surface area contributed by atoms with E-state index in [2.05, 4.69) is 26.3 Å². The second kappa shape index (κ2) is 13.0. The maximum absolute atomic E-state index is 13.7. The molecule has 4 bridgehead atoms. The highest BCUT2D eigenvalue weighted by molar-refractivity contribution is 5.99. The highest BCUT2D eigenvalue weighted by Crippen LogP contribution is 2.28. The van der Waals surface area contributed by atoms with Crippen LogP contribution in [0.3, 0.4) is 0 Å². The molecule has 6 rings (SSSR count). The molecule has 0 radical (unpaired) electrons. The normalized spacial score (nSPS) is 15.6. The van der Waals surface area contributed by atoms with Gasteiger partial charge in [0.1, 0.15) is 24.0 Å². The molecule has 1 unspecified atom stereocenters. The summed E-state index contributed by atoms with van der Waals surface area (Å²) in [6.07, 6.45) is 0.993. The first-order valence-electron chi connectivity index (χ1n) is 14.6. The van der Waals surface area contributed by atoms with Gasteiger partial charge in [-0.1, -0.05) is 36.4 Å². The summed E-state index contributed by atoms with van der Waals surface area (Å²) >= 11 is 0. The van der Waals surface area contributed by atoms with Crippen molar-refractivity contribution in [3.05, 3.63) is 95.7 Å². The Hall–Kier alpha value is -5.45. The van der Waals surface area contributed by atoms with Gasteiger partial charge in [-0.2, -0.15) is 0 Å². The van der Waals surface area contributed by atoms with Crippen molar-refractivity contribution in [2.75, 3.05) is 22.5 Å². The van der Waals surface area contributed by atoms with Gasteiger partial charge in [-0.25, -0.2) is 9.78 Å². The molecule has 3 aromatic carbocycles. The molecule has 11 nitrogen and oxygen atoms in total. The third-order valence-electron chi connectivity index (χ3n) is 7.10. The molecule has 0 aliphatic carbocycles. The SMILES string of the molecule is CC(=O)N1CC(=O)Nc2cccc(c2)CNC(=O)C(Nc2ccc3c(NC(=O)OC(C)(C)C)nccc3c2)c2ccc(cc2)C1. The Morgan fingerprint density at radius 3 is 2.47 bits per heavy atom. The lowest BCUT2D eigenvalue weighted by molar-refractivity contribution is -0.133. The fourth-order valence-corrected chi connectivity index (χ4v) is 4.97. The number of amides is 4. The molecule has 0 fully saturated rings. The summed E-state index contributed by atoms with van der Waals surface area (Å²) in [5, 5.41) is 13.4. The Balaban J connectivity index is 1.44. The molecule has 4 N–H and O–H groups in total. The molecule has 0 saturated carbocycles. The Kier molecular flexibility index (Phi) is 8.98. The molecule has 4 amide bonds. The summed E-state index contributed by atoms with van der Waals surface area (Å²) < 4.78 is 5.37. The van der Waals surface area contributed by atoms with Crippen LogP contribution in [0.5, 0.6) is 0 Å². The maximum atomic E-state index is 13.7. The molecular weight excluding hydrogens is 572 g/mol. The molecular formula is C34H36N6O5. The molecule has 2 aliphatic heterocycles. The number of pyridine rings is 1. The molecule has 0 saturated heterocycles. The predicted molar refractivity (Wildman–Crippen MR) is 172 cm³/mol. The quantitative estimate of drug-likeness (QED) is 0.246. The number of carbonyl (C=O) groups excluding carboxylic acids is 4. The molecule has 1 aromatic heterocycles. The van der Waals surface area contributed by atoms with Gasteiger partial charge in [-0.3, -0.25) is 19.7 Å². The van der Waals surface area contributed by atoms with E-state index in [9.17, 15) is 19.2 Å². The van der Waals surface area contributed by atoms with Crippen LogP contribution in [0.25, 0.3) is 10.8 Å². The van der Waals surface area contributed by atoms with E-state index in [-0.39, 0.29) is 37.4 Å². The fourth-order valence-electron chi connectivity index (χ4n) is 4.97. The largest absolute Gasteiger partial charge is 0.444 e. The zero-order valence-electron chi connectivity index (χ0n) is 25.6. The average molecular weight is 609 g/mol. The minimum absolute atomic E-state index is 0.0886.